The second-order valence-electron chi connectivity index (χ2n) is 7.73. The number of thiophene rings is 1. The summed E-state index contributed by atoms with van der Waals surface area (Å²) in [5.74, 6) is -0.754. The van der Waals surface area contributed by atoms with Crippen LogP contribution in [0.15, 0.2) is 65.4 Å². The first-order chi connectivity index (χ1) is 14.5. The van der Waals surface area contributed by atoms with Crippen LogP contribution in [0.5, 0.6) is 0 Å². The molecule has 1 atom stereocenters. The van der Waals surface area contributed by atoms with E-state index in [2.05, 4.69) is 41.0 Å². The quantitative estimate of drug-likeness (QED) is 0.664. The molecular formula is C24H23FN2O2S. The highest BCUT2D eigenvalue weighted by molar-refractivity contribution is 7.08. The van der Waals surface area contributed by atoms with Crippen LogP contribution in [0.1, 0.15) is 22.3 Å². The Balaban J connectivity index is 1.54. The van der Waals surface area contributed by atoms with Gasteiger partial charge in [0, 0.05) is 25.7 Å². The monoisotopic (exact) mass is 422 g/mol. The molecule has 3 aromatic rings. The van der Waals surface area contributed by atoms with Crippen molar-refractivity contribution < 1.29 is 14.0 Å². The van der Waals surface area contributed by atoms with Crippen molar-refractivity contribution in [2.45, 2.75) is 12.8 Å². The number of nitrogens with zero attached hydrogens (tertiary/aromatic N) is 1. The third-order valence-electron chi connectivity index (χ3n) is 5.77. The summed E-state index contributed by atoms with van der Waals surface area (Å²) >= 11 is 1.66. The lowest BCUT2D eigenvalue weighted by Gasteiger charge is -2.28. The van der Waals surface area contributed by atoms with Gasteiger partial charge < -0.3 is 10.2 Å². The van der Waals surface area contributed by atoms with Gasteiger partial charge in [-0.3, -0.25) is 9.59 Å². The third-order valence-corrected chi connectivity index (χ3v) is 6.46. The molecule has 0 spiro atoms. The molecule has 1 saturated heterocycles. The lowest BCUT2D eigenvalue weighted by molar-refractivity contribution is -0.129. The van der Waals surface area contributed by atoms with Crippen LogP contribution in [0.2, 0.25) is 0 Å². The number of hydrogen-bond donors (Lipinski definition) is 1. The van der Waals surface area contributed by atoms with E-state index in [1.807, 2.05) is 5.38 Å². The van der Waals surface area contributed by atoms with Gasteiger partial charge in [0.1, 0.15) is 5.82 Å². The van der Waals surface area contributed by atoms with Crippen LogP contribution in [-0.4, -0.2) is 36.9 Å². The first-order valence-electron chi connectivity index (χ1n) is 9.89. The summed E-state index contributed by atoms with van der Waals surface area (Å²) < 4.78 is 13.5. The molecule has 0 aliphatic carbocycles. The van der Waals surface area contributed by atoms with E-state index in [-0.39, 0.29) is 11.8 Å². The standard InChI is InChI=1S/C24H23FN2O2S/c1-26-23(29)24(14-17-5-7-18(8-6-17)20-9-12-30-15-20)10-11-27(16-24)22(28)19-3-2-4-21(25)13-19/h2-9,12-13,15H,10-11,14,16H2,1H3,(H,26,29). The number of rotatable bonds is 5. The van der Waals surface area contributed by atoms with Crippen LogP contribution < -0.4 is 5.32 Å². The zero-order valence-corrected chi connectivity index (χ0v) is 17.5. The average Bonchev–Trinajstić information content (AvgIpc) is 3.44. The van der Waals surface area contributed by atoms with Crippen LogP contribution in [0, 0.1) is 11.2 Å². The van der Waals surface area contributed by atoms with Crippen molar-refractivity contribution in [2.75, 3.05) is 20.1 Å². The van der Waals surface area contributed by atoms with Crippen LogP contribution >= 0.6 is 11.3 Å². The molecule has 30 heavy (non-hydrogen) atoms. The van der Waals surface area contributed by atoms with Crippen molar-refractivity contribution >= 4 is 23.2 Å². The van der Waals surface area contributed by atoms with Crippen LogP contribution in [0.25, 0.3) is 11.1 Å². The van der Waals surface area contributed by atoms with Crippen molar-refractivity contribution in [1.82, 2.24) is 10.2 Å². The Bertz CT molecular complexity index is 1050. The Labute approximate surface area is 179 Å². The van der Waals surface area contributed by atoms with E-state index in [9.17, 15) is 14.0 Å². The Morgan fingerprint density at radius 2 is 1.93 bits per heavy atom. The number of benzene rings is 2. The Morgan fingerprint density at radius 1 is 1.13 bits per heavy atom. The zero-order valence-electron chi connectivity index (χ0n) is 16.7. The van der Waals surface area contributed by atoms with Crippen LogP contribution in [0.3, 0.4) is 0 Å². The molecule has 0 radical (unpaired) electrons. The fraction of sp³-hybridized carbons (Fsp3) is 0.250. The maximum atomic E-state index is 13.5. The van der Waals surface area contributed by atoms with E-state index in [1.54, 1.807) is 29.4 Å². The minimum Gasteiger partial charge on any atom is -0.359 e. The normalized spacial score (nSPS) is 18.4. The lowest BCUT2D eigenvalue weighted by atomic mass is 9.79. The van der Waals surface area contributed by atoms with E-state index >= 15 is 0 Å². The van der Waals surface area contributed by atoms with Gasteiger partial charge in [-0.15, -0.1) is 0 Å². The van der Waals surface area contributed by atoms with Gasteiger partial charge in [0.15, 0.2) is 0 Å². The molecule has 1 aliphatic rings. The predicted molar refractivity (Wildman–Crippen MR) is 117 cm³/mol. The van der Waals surface area contributed by atoms with Gasteiger partial charge in [0.2, 0.25) is 5.91 Å². The molecule has 4 rings (SSSR count). The molecule has 1 fully saturated rings. The SMILES string of the molecule is CNC(=O)C1(Cc2ccc(-c3ccsc3)cc2)CCN(C(=O)c2cccc(F)c2)C1. The van der Waals surface area contributed by atoms with Gasteiger partial charge in [-0.25, -0.2) is 4.39 Å². The Hall–Kier alpha value is -2.99. The second kappa shape index (κ2) is 8.40. The lowest BCUT2D eigenvalue weighted by Crippen LogP contribution is -2.44. The zero-order chi connectivity index (χ0) is 21.1. The third kappa shape index (κ3) is 4.00. The van der Waals surface area contributed by atoms with Gasteiger partial charge >= 0.3 is 0 Å². The fourth-order valence-corrected chi connectivity index (χ4v) is 4.82. The molecule has 6 heteroatoms. The summed E-state index contributed by atoms with van der Waals surface area (Å²) in [5, 5.41) is 6.93. The van der Waals surface area contributed by atoms with E-state index in [4.69, 9.17) is 0 Å². The van der Waals surface area contributed by atoms with Crippen molar-refractivity contribution in [1.29, 1.82) is 0 Å². The average molecular weight is 423 g/mol. The van der Waals surface area contributed by atoms with Gasteiger partial charge in [-0.1, -0.05) is 30.3 Å². The van der Waals surface area contributed by atoms with Gasteiger partial charge in [0.05, 0.1) is 5.41 Å². The number of hydrogen-bond acceptors (Lipinski definition) is 3. The molecule has 2 aromatic carbocycles. The van der Waals surface area contributed by atoms with Gasteiger partial charge in [-0.05, 0) is 64.6 Å². The highest BCUT2D eigenvalue weighted by Crippen LogP contribution is 2.36. The Morgan fingerprint density at radius 3 is 2.60 bits per heavy atom. The first-order valence-corrected chi connectivity index (χ1v) is 10.8. The molecule has 0 saturated carbocycles. The number of likely N-dealkylation sites (tertiary alicyclic amines) is 1. The summed E-state index contributed by atoms with van der Waals surface area (Å²) in [5.41, 5.74) is 2.99. The number of halogens is 1. The maximum absolute atomic E-state index is 13.5. The van der Waals surface area contributed by atoms with Crippen LogP contribution in [0.4, 0.5) is 4.39 Å². The number of nitrogens with one attached hydrogen (secondary N) is 1. The highest BCUT2D eigenvalue weighted by atomic mass is 32.1. The number of carbonyl (C=O) groups is 2. The molecule has 2 heterocycles. The van der Waals surface area contributed by atoms with E-state index in [0.717, 1.165) is 11.1 Å². The summed E-state index contributed by atoms with van der Waals surface area (Å²) in [4.78, 5) is 27.4. The smallest absolute Gasteiger partial charge is 0.253 e. The molecular weight excluding hydrogens is 399 g/mol. The summed E-state index contributed by atoms with van der Waals surface area (Å²) in [6, 6.07) is 16.0. The van der Waals surface area contributed by atoms with Crippen molar-refractivity contribution in [3.63, 3.8) is 0 Å². The molecule has 1 N–H and O–H groups in total. The minimum absolute atomic E-state index is 0.0704. The fourth-order valence-electron chi connectivity index (χ4n) is 4.16. The topological polar surface area (TPSA) is 49.4 Å². The second-order valence-corrected chi connectivity index (χ2v) is 8.51. The minimum atomic E-state index is -0.693. The van der Waals surface area contributed by atoms with E-state index < -0.39 is 11.2 Å². The molecule has 154 valence electrons. The van der Waals surface area contributed by atoms with E-state index in [0.29, 0.717) is 31.5 Å². The molecule has 1 aromatic heterocycles. The Kier molecular flexibility index (Phi) is 5.68. The van der Waals surface area contributed by atoms with Crippen LogP contribution in [-0.2, 0) is 11.2 Å². The van der Waals surface area contributed by atoms with Crippen molar-refractivity contribution in [3.05, 3.63) is 82.3 Å². The molecule has 0 bridgehead atoms. The van der Waals surface area contributed by atoms with Crippen molar-refractivity contribution in [3.8, 4) is 11.1 Å². The highest BCUT2D eigenvalue weighted by Gasteiger charge is 2.45. The summed E-state index contributed by atoms with van der Waals surface area (Å²) in [6.45, 7) is 0.782. The number of carbonyl (C=O) groups excluding carboxylic acids is 2. The van der Waals surface area contributed by atoms with E-state index in [1.165, 1.54) is 23.8 Å². The summed E-state index contributed by atoms with van der Waals surface area (Å²) in [6.07, 6.45) is 1.11. The van der Waals surface area contributed by atoms with Gasteiger partial charge in [-0.2, -0.15) is 11.3 Å². The maximum Gasteiger partial charge on any atom is 0.253 e. The number of amides is 2. The largest absolute Gasteiger partial charge is 0.359 e. The molecule has 4 nitrogen and oxygen atoms in total. The van der Waals surface area contributed by atoms with Gasteiger partial charge in [0.25, 0.3) is 5.91 Å². The predicted octanol–water partition coefficient (Wildman–Crippen LogP) is 4.38. The van der Waals surface area contributed by atoms with Crippen molar-refractivity contribution in [2.24, 2.45) is 5.41 Å². The molecule has 2 amide bonds. The first kappa shape index (κ1) is 20.3. The molecule has 1 unspecified atom stereocenters. The summed E-state index contributed by atoms with van der Waals surface area (Å²) in [7, 11) is 1.63. The molecule has 1 aliphatic heterocycles.